The van der Waals surface area contributed by atoms with E-state index in [4.69, 9.17) is 39.5 Å². The van der Waals surface area contributed by atoms with Crippen LogP contribution in [-0.2, 0) is 15.6 Å². The summed E-state index contributed by atoms with van der Waals surface area (Å²) in [6, 6.07) is 9.64. The number of carbonyl (C=O) groups is 1. The van der Waals surface area contributed by atoms with Crippen LogP contribution in [0.15, 0.2) is 42.6 Å². The van der Waals surface area contributed by atoms with Crippen LogP contribution in [0.5, 0.6) is 5.75 Å². The highest BCUT2D eigenvalue weighted by molar-refractivity contribution is 6.41. The lowest BCUT2D eigenvalue weighted by Crippen LogP contribution is -2.50. The Balaban J connectivity index is 1.77. The van der Waals surface area contributed by atoms with Crippen molar-refractivity contribution in [3.63, 3.8) is 0 Å². The summed E-state index contributed by atoms with van der Waals surface area (Å²) in [5.41, 5.74) is 6.09. The van der Waals surface area contributed by atoms with Crippen molar-refractivity contribution in [2.45, 2.75) is 90.8 Å². The van der Waals surface area contributed by atoms with Crippen LogP contribution in [0.3, 0.4) is 0 Å². The highest BCUT2D eigenvalue weighted by atomic mass is 35.5. The second-order valence-electron chi connectivity index (χ2n) is 10.7. The molecule has 0 bridgehead atoms. The van der Waals surface area contributed by atoms with Crippen molar-refractivity contribution < 1.29 is 9.53 Å². The Morgan fingerprint density at radius 2 is 1.65 bits per heavy atom. The standard InChI is InChI=1S/C29H38Cl3N3O2/c1-8-23(37-24-12-11-18(28(4,5)9-2)15-20(24)29(6,7)10-3)27(36)33-25-13-14-35(34-25)26-21(31)16-19(30)17-22(26)32/h11-17,23,25,34H,8-10H2,1-7H3,(H,33,36). The zero-order valence-electron chi connectivity index (χ0n) is 22.7. The van der Waals surface area contributed by atoms with E-state index in [1.54, 1.807) is 23.3 Å². The van der Waals surface area contributed by atoms with E-state index in [9.17, 15) is 4.79 Å². The average Bonchev–Trinajstić information content (AvgIpc) is 3.29. The summed E-state index contributed by atoms with van der Waals surface area (Å²) in [5, 5.41) is 5.92. The van der Waals surface area contributed by atoms with Crippen molar-refractivity contribution in [1.29, 1.82) is 0 Å². The number of nitrogens with zero attached hydrogens (tertiary/aromatic N) is 1. The van der Waals surface area contributed by atoms with E-state index in [1.807, 2.05) is 19.1 Å². The van der Waals surface area contributed by atoms with Gasteiger partial charge in [0.05, 0.1) is 15.7 Å². The lowest BCUT2D eigenvalue weighted by molar-refractivity contribution is -0.128. The molecule has 2 N–H and O–H groups in total. The predicted octanol–water partition coefficient (Wildman–Crippen LogP) is 8.16. The van der Waals surface area contributed by atoms with Gasteiger partial charge in [0.2, 0.25) is 0 Å². The summed E-state index contributed by atoms with van der Waals surface area (Å²) in [4.78, 5) is 13.3. The number of halogens is 3. The van der Waals surface area contributed by atoms with E-state index in [0.717, 1.165) is 24.2 Å². The summed E-state index contributed by atoms with van der Waals surface area (Å²) in [6.07, 6.45) is 4.99. The first-order valence-corrected chi connectivity index (χ1v) is 14.0. The third kappa shape index (κ3) is 6.75. The first kappa shape index (κ1) is 29.6. The monoisotopic (exact) mass is 565 g/mol. The summed E-state index contributed by atoms with van der Waals surface area (Å²) in [5.74, 6) is 0.541. The van der Waals surface area contributed by atoms with Crippen molar-refractivity contribution in [1.82, 2.24) is 10.7 Å². The molecule has 37 heavy (non-hydrogen) atoms. The van der Waals surface area contributed by atoms with Gasteiger partial charge in [-0.1, -0.05) is 95.4 Å². The molecule has 0 saturated carbocycles. The van der Waals surface area contributed by atoms with Crippen molar-refractivity contribution in [2.75, 3.05) is 5.01 Å². The molecule has 0 saturated heterocycles. The largest absolute Gasteiger partial charge is 0.480 e. The Morgan fingerprint density at radius 1 is 1.03 bits per heavy atom. The minimum absolute atomic E-state index is 0.0564. The molecule has 1 heterocycles. The molecule has 5 nitrogen and oxygen atoms in total. The first-order chi connectivity index (χ1) is 17.3. The summed E-state index contributed by atoms with van der Waals surface area (Å²) < 4.78 is 6.38. The van der Waals surface area contributed by atoms with Gasteiger partial charge in [-0.3, -0.25) is 9.80 Å². The highest BCUT2D eigenvalue weighted by Crippen LogP contribution is 2.39. The molecule has 0 aromatic heterocycles. The number of hydrogen-bond acceptors (Lipinski definition) is 4. The van der Waals surface area contributed by atoms with Crippen LogP contribution in [0.25, 0.3) is 0 Å². The van der Waals surface area contributed by atoms with Crippen molar-refractivity contribution >= 4 is 46.4 Å². The van der Waals surface area contributed by atoms with Gasteiger partial charge in [0, 0.05) is 16.8 Å². The quantitative estimate of drug-likeness (QED) is 0.305. The molecule has 202 valence electrons. The van der Waals surface area contributed by atoms with Crippen molar-refractivity contribution in [2.24, 2.45) is 0 Å². The SMILES string of the molecule is CCC(Oc1ccc(C(C)(C)CC)cc1C(C)(C)CC)C(=O)NC1C=CN(c2c(Cl)cc(Cl)cc2Cl)N1. The smallest absolute Gasteiger partial charge is 0.262 e. The third-order valence-electron chi connectivity index (χ3n) is 7.42. The lowest BCUT2D eigenvalue weighted by Gasteiger charge is -2.31. The molecule has 1 aliphatic rings. The second-order valence-corrected chi connectivity index (χ2v) is 12.0. The summed E-state index contributed by atoms with van der Waals surface area (Å²) in [7, 11) is 0. The molecule has 2 aromatic carbocycles. The zero-order valence-corrected chi connectivity index (χ0v) is 25.0. The summed E-state index contributed by atoms with van der Waals surface area (Å²) in [6.45, 7) is 15.3. The van der Waals surface area contributed by atoms with Crippen LogP contribution < -0.4 is 20.5 Å². The van der Waals surface area contributed by atoms with Gasteiger partial charge < -0.3 is 10.1 Å². The molecule has 0 spiro atoms. The van der Waals surface area contributed by atoms with E-state index in [1.165, 1.54) is 5.56 Å². The lowest BCUT2D eigenvalue weighted by atomic mass is 9.76. The van der Waals surface area contributed by atoms with Crippen LogP contribution in [0.4, 0.5) is 5.69 Å². The number of benzene rings is 2. The number of nitrogens with one attached hydrogen (secondary N) is 2. The number of rotatable bonds is 10. The molecule has 2 aromatic rings. The summed E-state index contributed by atoms with van der Waals surface area (Å²) >= 11 is 18.7. The molecular weight excluding hydrogens is 529 g/mol. The van der Waals surface area contributed by atoms with Gasteiger partial charge in [0.15, 0.2) is 6.10 Å². The Hall–Kier alpha value is -1.92. The topological polar surface area (TPSA) is 53.6 Å². The number of hydrazine groups is 1. The van der Waals surface area contributed by atoms with Gasteiger partial charge in [-0.25, -0.2) is 5.43 Å². The van der Waals surface area contributed by atoms with Gasteiger partial charge in [-0.2, -0.15) is 0 Å². The maximum Gasteiger partial charge on any atom is 0.262 e. The average molecular weight is 567 g/mol. The molecular formula is C29H38Cl3N3O2. The molecule has 2 unspecified atom stereocenters. The predicted molar refractivity (Wildman–Crippen MR) is 156 cm³/mol. The third-order valence-corrected chi connectivity index (χ3v) is 8.21. The maximum atomic E-state index is 13.3. The second kappa shape index (κ2) is 11.9. The fraction of sp³-hybridized carbons (Fsp3) is 0.483. The number of carbonyl (C=O) groups excluding carboxylic acids is 1. The van der Waals surface area contributed by atoms with E-state index >= 15 is 0 Å². The molecule has 2 atom stereocenters. The highest BCUT2D eigenvalue weighted by Gasteiger charge is 2.30. The van der Waals surface area contributed by atoms with Crippen LogP contribution in [0.1, 0.15) is 78.9 Å². The van der Waals surface area contributed by atoms with Crippen LogP contribution in [-0.4, -0.2) is 18.2 Å². The normalized spacial score (nSPS) is 16.7. The number of amides is 1. The molecule has 0 fully saturated rings. The van der Waals surface area contributed by atoms with E-state index < -0.39 is 12.3 Å². The maximum absolute atomic E-state index is 13.3. The van der Waals surface area contributed by atoms with Crippen molar-refractivity contribution in [3.8, 4) is 5.75 Å². The van der Waals surface area contributed by atoms with Gasteiger partial charge >= 0.3 is 0 Å². The van der Waals surface area contributed by atoms with E-state index in [2.05, 4.69) is 64.4 Å². The Labute approximate surface area is 236 Å². The van der Waals surface area contributed by atoms with E-state index in [0.29, 0.717) is 27.2 Å². The van der Waals surface area contributed by atoms with Gasteiger partial charge in [0.25, 0.3) is 5.91 Å². The van der Waals surface area contributed by atoms with Crippen molar-refractivity contribution in [3.05, 3.63) is 68.8 Å². The zero-order chi connectivity index (χ0) is 27.5. The molecule has 0 radical (unpaired) electrons. The fourth-order valence-corrected chi connectivity index (χ4v) is 5.09. The molecule has 0 aliphatic carbocycles. The minimum Gasteiger partial charge on any atom is -0.480 e. The number of anilines is 1. The Morgan fingerprint density at radius 3 is 2.22 bits per heavy atom. The minimum atomic E-state index is -0.650. The molecule has 1 aliphatic heterocycles. The first-order valence-electron chi connectivity index (χ1n) is 12.8. The molecule has 8 heteroatoms. The Bertz CT molecular complexity index is 1140. The van der Waals surface area contributed by atoms with Gasteiger partial charge in [-0.05, 0) is 59.9 Å². The van der Waals surface area contributed by atoms with Crippen LogP contribution >= 0.6 is 34.8 Å². The Kier molecular flexibility index (Phi) is 9.50. The number of hydrogen-bond donors (Lipinski definition) is 2. The van der Waals surface area contributed by atoms with Gasteiger partial charge in [-0.15, -0.1) is 0 Å². The van der Waals surface area contributed by atoms with E-state index in [-0.39, 0.29) is 16.7 Å². The van der Waals surface area contributed by atoms with Crippen LogP contribution in [0, 0.1) is 0 Å². The molecule has 1 amide bonds. The number of ether oxygens (including phenoxy) is 1. The fourth-order valence-electron chi connectivity index (χ4n) is 4.09. The van der Waals surface area contributed by atoms with Crippen LogP contribution in [0.2, 0.25) is 15.1 Å². The van der Waals surface area contributed by atoms with Gasteiger partial charge in [0.1, 0.15) is 11.9 Å². The molecule has 3 rings (SSSR count).